The second-order valence-electron chi connectivity index (χ2n) is 4.95. The van der Waals surface area contributed by atoms with Crippen LogP contribution < -0.4 is 10.6 Å². The van der Waals surface area contributed by atoms with Gasteiger partial charge in [-0.1, -0.05) is 13.0 Å². The molecule has 4 nitrogen and oxygen atoms in total. The number of carbonyl (C=O) groups excluding carboxylic acids is 1. The van der Waals surface area contributed by atoms with Gasteiger partial charge in [0.1, 0.15) is 0 Å². The number of carbonyl (C=O) groups is 1. The van der Waals surface area contributed by atoms with Crippen LogP contribution in [0.4, 0.5) is 0 Å². The summed E-state index contributed by atoms with van der Waals surface area (Å²) >= 11 is 0. The molecule has 0 saturated carbocycles. The van der Waals surface area contributed by atoms with Gasteiger partial charge in [-0.15, -0.1) is 24.8 Å². The van der Waals surface area contributed by atoms with Crippen molar-refractivity contribution in [3.8, 4) is 0 Å². The SMILES string of the molecule is CCC1(C(=O)N[C@@H](C)c2cccnc2)CCCN1.Cl.Cl. The van der Waals surface area contributed by atoms with Crippen molar-refractivity contribution < 1.29 is 4.79 Å². The summed E-state index contributed by atoms with van der Waals surface area (Å²) in [5, 5.41) is 6.44. The molecular formula is C14H23Cl2N3O. The number of nitrogens with zero attached hydrogens (tertiary/aromatic N) is 1. The first kappa shape index (κ1) is 19.2. The first-order chi connectivity index (χ1) is 8.68. The molecule has 20 heavy (non-hydrogen) atoms. The molecule has 1 unspecified atom stereocenters. The van der Waals surface area contributed by atoms with Gasteiger partial charge in [0.15, 0.2) is 0 Å². The van der Waals surface area contributed by atoms with Crippen LogP contribution in [0.15, 0.2) is 24.5 Å². The maximum Gasteiger partial charge on any atom is 0.240 e. The highest BCUT2D eigenvalue weighted by molar-refractivity contribution is 5.87. The normalized spacial score (nSPS) is 22.3. The summed E-state index contributed by atoms with van der Waals surface area (Å²) in [5.74, 6) is 0.110. The Bertz CT molecular complexity index is 408. The van der Waals surface area contributed by atoms with Gasteiger partial charge in [0.25, 0.3) is 0 Å². The van der Waals surface area contributed by atoms with E-state index in [0.717, 1.165) is 31.4 Å². The molecule has 1 aliphatic rings. The van der Waals surface area contributed by atoms with Crippen LogP contribution in [0.25, 0.3) is 0 Å². The van der Waals surface area contributed by atoms with Crippen molar-refractivity contribution in [1.82, 2.24) is 15.6 Å². The Morgan fingerprint density at radius 2 is 2.30 bits per heavy atom. The van der Waals surface area contributed by atoms with Crippen molar-refractivity contribution in [2.45, 2.75) is 44.7 Å². The molecule has 1 fully saturated rings. The van der Waals surface area contributed by atoms with Crippen LogP contribution in [0.2, 0.25) is 0 Å². The lowest BCUT2D eigenvalue weighted by Crippen LogP contribution is -2.53. The van der Waals surface area contributed by atoms with Gasteiger partial charge in [0.2, 0.25) is 5.91 Å². The molecule has 0 aromatic carbocycles. The highest BCUT2D eigenvalue weighted by Gasteiger charge is 2.39. The number of amides is 1. The standard InChI is InChI=1S/C14H21N3O.2ClH/c1-3-14(7-5-9-16-14)13(18)17-11(2)12-6-4-8-15-10-12;;/h4,6,8,10-11,16H,3,5,7,9H2,1-2H3,(H,17,18);2*1H/t11-,14?;;/m0../s1. The molecular weight excluding hydrogens is 297 g/mol. The monoisotopic (exact) mass is 319 g/mol. The molecule has 1 saturated heterocycles. The Balaban J connectivity index is 0.00000180. The number of hydrogen-bond acceptors (Lipinski definition) is 3. The second kappa shape index (κ2) is 8.45. The van der Waals surface area contributed by atoms with E-state index in [1.807, 2.05) is 19.1 Å². The molecule has 2 atom stereocenters. The summed E-state index contributed by atoms with van der Waals surface area (Å²) in [6, 6.07) is 3.87. The van der Waals surface area contributed by atoms with Crippen LogP contribution in [0.5, 0.6) is 0 Å². The molecule has 114 valence electrons. The van der Waals surface area contributed by atoms with E-state index in [1.165, 1.54) is 0 Å². The van der Waals surface area contributed by atoms with Gasteiger partial charge in [-0.2, -0.15) is 0 Å². The van der Waals surface area contributed by atoms with Crippen LogP contribution in [0.3, 0.4) is 0 Å². The lowest BCUT2D eigenvalue weighted by atomic mass is 9.92. The van der Waals surface area contributed by atoms with Crippen molar-refractivity contribution in [2.24, 2.45) is 0 Å². The second-order valence-corrected chi connectivity index (χ2v) is 4.95. The highest BCUT2D eigenvalue weighted by Crippen LogP contribution is 2.24. The first-order valence-electron chi connectivity index (χ1n) is 6.64. The van der Waals surface area contributed by atoms with E-state index < -0.39 is 0 Å². The van der Waals surface area contributed by atoms with Gasteiger partial charge < -0.3 is 10.6 Å². The first-order valence-corrected chi connectivity index (χ1v) is 6.64. The third kappa shape index (κ3) is 4.08. The van der Waals surface area contributed by atoms with Gasteiger partial charge in [0, 0.05) is 12.4 Å². The van der Waals surface area contributed by atoms with Crippen LogP contribution >= 0.6 is 24.8 Å². The fourth-order valence-corrected chi connectivity index (χ4v) is 2.51. The third-order valence-electron chi connectivity index (χ3n) is 3.81. The Labute approximate surface area is 132 Å². The van der Waals surface area contributed by atoms with E-state index >= 15 is 0 Å². The number of halogens is 2. The largest absolute Gasteiger partial charge is 0.348 e. The summed E-state index contributed by atoms with van der Waals surface area (Å²) in [6.07, 6.45) is 6.37. The maximum atomic E-state index is 12.4. The zero-order chi connectivity index (χ0) is 13.0. The van der Waals surface area contributed by atoms with Crippen LogP contribution in [0.1, 0.15) is 44.7 Å². The van der Waals surface area contributed by atoms with Crippen molar-refractivity contribution in [2.75, 3.05) is 6.54 Å². The predicted octanol–water partition coefficient (Wildman–Crippen LogP) is 2.63. The topological polar surface area (TPSA) is 54.0 Å². The molecule has 1 aromatic heterocycles. The number of pyridine rings is 1. The molecule has 2 rings (SSSR count). The zero-order valence-corrected chi connectivity index (χ0v) is 13.5. The smallest absolute Gasteiger partial charge is 0.240 e. The number of rotatable bonds is 4. The minimum absolute atomic E-state index is 0. The number of aromatic nitrogens is 1. The average molecular weight is 320 g/mol. The average Bonchev–Trinajstić information content (AvgIpc) is 2.89. The molecule has 2 N–H and O–H groups in total. The minimum atomic E-state index is -0.365. The quantitative estimate of drug-likeness (QED) is 0.897. The summed E-state index contributed by atoms with van der Waals surface area (Å²) in [5.41, 5.74) is 0.673. The van der Waals surface area contributed by atoms with E-state index in [1.54, 1.807) is 12.4 Å². The molecule has 0 aliphatic carbocycles. The lowest BCUT2D eigenvalue weighted by Gasteiger charge is -2.28. The zero-order valence-electron chi connectivity index (χ0n) is 11.9. The van der Waals surface area contributed by atoms with E-state index in [2.05, 4.69) is 22.5 Å². The van der Waals surface area contributed by atoms with Gasteiger partial charge in [-0.05, 0) is 44.4 Å². The third-order valence-corrected chi connectivity index (χ3v) is 3.81. The Kier molecular flexibility index (Phi) is 8.09. The summed E-state index contributed by atoms with van der Waals surface area (Å²) in [7, 11) is 0. The fourth-order valence-electron chi connectivity index (χ4n) is 2.51. The van der Waals surface area contributed by atoms with Gasteiger partial charge in [0.05, 0.1) is 11.6 Å². The molecule has 1 aromatic rings. The van der Waals surface area contributed by atoms with Crippen molar-refractivity contribution in [3.05, 3.63) is 30.1 Å². The highest BCUT2D eigenvalue weighted by atomic mass is 35.5. The maximum absolute atomic E-state index is 12.4. The van der Waals surface area contributed by atoms with E-state index in [4.69, 9.17) is 0 Å². The molecule has 2 heterocycles. The van der Waals surface area contributed by atoms with Gasteiger partial charge in [-0.3, -0.25) is 9.78 Å². The van der Waals surface area contributed by atoms with Gasteiger partial charge >= 0.3 is 0 Å². The molecule has 0 radical (unpaired) electrons. The molecule has 0 spiro atoms. The van der Waals surface area contributed by atoms with Gasteiger partial charge in [-0.25, -0.2) is 0 Å². The number of nitrogens with one attached hydrogen (secondary N) is 2. The molecule has 6 heteroatoms. The lowest BCUT2D eigenvalue weighted by molar-refractivity contribution is -0.128. The van der Waals surface area contributed by atoms with Crippen LogP contribution in [-0.4, -0.2) is 23.0 Å². The summed E-state index contributed by atoms with van der Waals surface area (Å²) in [4.78, 5) is 16.5. The predicted molar refractivity (Wildman–Crippen MR) is 85.5 cm³/mol. The fraction of sp³-hybridized carbons (Fsp3) is 0.571. The van der Waals surface area contributed by atoms with Crippen LogP contribution in [-0.2, 0) is 4.79 Å². The van der Waals surface area contributed by atoms with Crippen molar-refractivity contribution >= 4 is 30.7 Å². The Morgan fingerprint density at radius 1 is 1.55 bits per heavy atom. The molecule has 1 amide bonds. The minimum Gasteiger partial charge on any atom is -0.348 e. The summed E-state index contributed by atoms with van der Waals surface area (Å²) in [6.45, 7) is 4.99. The van der Waals surface area contributed by atoms with E-state index in [0.29, 0.717) is 0 Å². The molecule has 1 aliphatic heterocycles. The van der Waals surface area contributed by atoms with E-state index in [9.17, 15) is 4.79 Å². The van der Waals surface area contributed by atoms with Crippen LogP contribution in [0, 0.1) is 0 Å². The van der Waals surface area contributed by atoms with Crippen molar-refractivity contribution in [1.29, 1.82) is 0 Å². The summed E-state index contributed by atoms with van der Waals surface area (Å²) < 4.78 is 0. The number of hydrogen-bond donors (Lipinski definition) is 2. The van der Waals surface area contributed by atoms with E-state index in [-0.39, 0.29) is 42.3 Å². The Morgan fingerprint density at radius 3 is 2.80 bits per heavy atom. The van der Waals surface area contributed by atoms with Crippen molar-refractivity contribution in [3.63, 3.8) is 0 Å². The Hall–Kier alpha value is -0.840. The molecule has 0 bridgehead atoms.